The van der Waals surface area contributed by atoms with E-state index in [-0.39, 0.29) is 12.0 Å². The van der Waals surface area contributed by atoms with Gasteiger partial charge in [0, 0.05) is 19.5 Å². The van der Waals surface area contributed by atoms with Crippen LogP contribution in [0.3, 0.4) is 0 Å². The van der Waals surface area contributed by atoms with Gasteiger partial charge >= 0.3 is 0 Å². The van der Waals surface area contributed by atoms with Crippen molar-refractivity contribution < 1.29 is 14.6 Å². The maximum absolute atomic E-state index is 11.8. The molecule has 1 aliphatic rings. The first-order valence-electron chi connectivity index (χ1n) is 6.80. The maximum Gasteiger partial charge on any atom is 0.222 e. The lowest BCUT2D eigenvalue weighted by molar-refractivity contribution is -0.130. The summed E-state index contributed by atoms with van der Waals surface area (Å²) in [5.74, 6) is 0.966. The monoisotopic (exact) mass is 263 g/mol. The Morgan fingerprint density at radius 1 is 1.53 bits per heavy atom. The van der Waals surface area contributed by atoms with Gasteiger partial charge in [0.2, 0.25) is 5.91 Å². The molecule has 1 atom stereocenters. The Morgan fingerprint density at radius 3 is 3.05 bits per heavy atom. The molecule has 0 spiro atoms. The minimum atomic E-state index is -0.340. The van der Waals surface area contributed by atoms with Crippen LogP contribution in [-0.4, -0.2) is 41.7 Å². The second-order valence-electron chi connectivity index (χ2n) is 5.05. The van der Waals surface area contributed by atoms with E-state index < -0.39 is 0 Å². The molecule has 4 nitrogen and oxygen atoms in total. The molecule has 1 heterocycles. The molecular formula is C15H21NO3. The number of rotatable bonds is 5. The summed E-state index contributed by atoms with van der Waals surface area (Å²) in [6.45, 7) is 3.73. The van der Waals surface area contributed by atoms with Crippen molar-refractivity contribution in [3.63, 3.8) is 0 Å². The van der Waals surface area contributed by atoms with E-state index in [0.29, 0.717) is 39.0 Å². The summed E-state index contributed by atoms with van der Waals surface area (Å²) in [7, 11) is 0. The summed E-state index contributed by atoms with van der Waals surface area (Å²) < 4.78 is 5.60. The number of benzene rings is 1. The highest BCUT2D eigenvalue weighted by Crippen LogP contribution is 2.14. The lowest BCUT2D eigenvalue weighted by Crippen LogP contribution is -2.29. The number of amides is 1. The highest BCUT2D eigenvalue weighted by Gasteiger charge is 2.23. The molecule has 1 saturated heterocycles. The molecule has 0 saturated carbocycles. The number of ether oxygens (including phenoxy) is 1. The number of carbonyl (C=O) groups is 1. The highest BCUT2D eigenvalue weighted by atomic mass is 16.5. The second kappa shape index (κ2) is 6.57. The van der Waals surface area contributed by atoms with E-state index in [1.54, 1.807) is 4.90 Å². The third kappa shape index (κ3) is 4.24. The van der Waals surface area contributed by atoms with E-state index in [1.165, 1.54) is 5.56 Å². The molecule has 19 heavy (non-hydrogen) atoms. The fourth-order valence-corrected chi connectivity index (χ4v) is 2.25. The molecule has 1 amide bonds. The first kappa shape index (κ1) is 13.9. The van der Waals surface area contributed by atoms with Crippen molar-refractivity contribution in [2.24, 2.45) is 0 Å². The van der Waals surface area contributed by atoms with Gasteiger partial charge in [0.05, 0.1) is 12.7 Å². The number of hydrogen-bond acceptors (Lipinski definition) is 3. The molecule has 1 N–H and O–H groups in total. The van der Waals surface area contributed by atoms with E-state index >= 15 is 0 Å². The Balaban J connectivity index is 1.65. The van der Waals surface area contributed by atoms with Crippen molar-refractivity contribution in [2.45, 2.75) is 32.3 Å². The van der Waals surface area contributed by atoms with E-state index in [4.69, 9.17) is 4.74 Å². The van der Waals surface area contributed by atoms with Crippen LogP contribution in [0.1, 0.15) is 24.8 Å². The zero-order valence-corrected chi connectivity index (χ0v) is 11.3. The molecule has 104 valence electrons. The van der Waals surface area contributed by atoms with Gasteiger partial charge < -0.3 is 14.7 Å². The van der Waals surface area contributed by atoms with E-state index in [2.05, 4.69) is 0 Å². The Labute approximate surface area is 114 Å². The minimum absolute atomic E-state index is 0.115. The van der Waals surface area contributed by atoms with Gasteiger partial charge in [-0.3, -0.25) is 4.79 Å². The van der Waals surface area contributed by atoms with Crippen molar-refractivity contribution in [3.05, 3.63) is 29.8 Å². The van der Waals surface area contributed by atoms with Crippen molar-refractivity contribution in [2.75, 3.05) is 19.7 Å². The van der Waals surface area contributed by atoms with Gasteiger partial charge in [-0.1, -0.05) is 12.1 Å². The molecule has 1 aromatic rings. The van der Waals surface area contributed by atoms with Crippen LogP contribution in [0, 0.1) is 6.92 Å². The predicted octanol–water partition coefficient (Wildman–Crippen LogP) is 1.75. The quantitative estimate of drug-likeness (QED) is 0.823. The average Bonchev–Trinajstić information content (AvgIpc) is 2.81. The third-order valence-corrected chi connectivity index (χ3v) is 3.31. The van der Waals surface area contributed by atoms with Crippen LogP contribution in [0.15, 0.2) is 24.3 Å². The predicted molar refractivity (Wildman–Crippen MR) is 73.1 cm³/mol. The summed E-state index contributed by atoms with van der Waals surface area (Å²) in [6.07, 6.45) is 1.55. The molecular weight excluding hydrogens is 242 g/mol. The largest absolute Gasteiger partial charge is 0.494 e. The van der Waals surface area contributed by atoms with Crippen LogP contribution < -0.4 is 4.74 Å². The van der Waals surface area contributed by atoms with Gasteiger partial charge in [-0.2, -0.15) is 0 Å². The number of aliphatic hydroxyl groups is 1. The lowest BCUT2D eigenvalue weighted by Gasteiger charge is -2.15. The number of aliphatic hydroxyl groups excluding tert-OH is 1. The zero-order valence-electron chi connectivity index (χ0n) is 11.3. The van der Waals surface area contributed by atoms with Crippen LogP contribution in [0.2, 0.25) is 0 Å². The molecule has 0 aliphatic carbocycles. The SMILES string of the molecule is Cc1cccc(OCCCC(=O)N2CC[C@@H](O)C2)c1. The van der Waals surface area contributed by atoms with Crippen molar-refractivity contribution in [1.82, 2.24) is 4.90 Å². The average molecular weight is 263 g/mol. The van der Waals surface area contributed by atoms with Crippen LogP contribution in [0.5, 0.6) is 5.75 Å². The molecule has 0 unspecified atom stereocenters. The van der Waals surface area contributed by atoms with Gasteiger partial charge in [0.25, 0.3) is 0 Å². The molecule has 1 aromatic carbocycles. The number of hydrogen-bond donors (Lipinski definition) is 1. The molecule has 0 bridgehead atoms. The third-order valence-electron chi connectivity index (χ3n) is 3.31. The summed E-state index contributed by atoms with van der Waals surface area (Å²) >= 11 is 0. The van der Waals surface area contributed by atoms with Gasteiger partial charge in [0.1, 0.15) is 5.75 Å². The van der Waals surface area contributed by atoms with Gasteiger partial charge in [-0.15, -0.1) is 0 Å². The second-order valence-corrected chi connectivity index (χ2v) is 5.05. The number of likely N-dealkylation sites (tertiary alicyclic amines) is 1. The van der Waals surface area contributed by atoms with Gasteiger partial charge in [-0.05, 0) is 37.5 Å². The van der Waals surface area contributed by atoms with Gasteiger partial charge in [-0.25, -0.2) is 0 Å². The summed E-state index contributed by atoms with van der Waals surface area (Å²) in [4.78, 5) is 13.5. The van der Waals surface area contributed by atoms with Crippen LogP contribution in [-0.2, 0) is 4.79 Å². The van der Waals surface area contributed by atoms with Crippen LogP contribution in [0.4, 0.5) is 0 Å². The first-order chi connectivity index (χ1) is 9.15. The van der Waals surface area contributed by atoms with Crippen molar-refractivity contribution >= 4 is 5.91 Å². The molecule has 1 aliphatic heterocycles. The number of aryl methyl sites for hydroxylation is 1. The summed E-state index contributed by atoms with van der Waals surface area (Å²) in [6, 6.07) is 7.89. The minimum Gasteiger partial charge on any atom is -0.494 e. The summed E-state index contributed by atoms with van der Waals surface area (Å²) in [5.41, 5.74) is 1.17. The van der Waals surface area contributed by atoms with Crippen molar-refractivity contribution in [3.8, 4) is 5.75 Å². The number of nitrogens with zero attached hydrogens (tertiary/aromatic N) is 1. The fraction of sp³-hybridized carbons (Fsp3) is 0.533. The van der Waals surface area contributed by atoms with E-state index in [9.17, 15) is 9.90 Å². The zero-order chi connectivity index (χ0) is 13.7. The van der Waals surface area contributed by atoms with Crippen LogP contribution in [0.25, 0.3) is 0 Å². The Bertz CT molecular complexity index is 433. The Kier molecular flexibility index (Phi) is 4.80. The molecule has 0 aromatic heterocycles. The standard InChI is InChI=1S/C15H21NO3/c1-12-4-2-5-14(10-12)19-9-3-6-15(18)16-8-7-13(17)11-16/h2,4-5,10,13,17H,3,6-9,11H2,1H3/t13-/m1/s1. The highest BCUT2D eigenvalue weighted by molar-refractivity contribution is 5.76. The van der Waals surface area contributed by atoms with Crippen LogP contribution >= 0.6 is 0 Å². The van der Waals surface area contributed by atoms with E-state index in [1.807, 2.05) is 31.2 Å². The van der Waals surface area contributed by atoms with Gasteiger partial charge in [0.15, 0.2) is 0 Å². The smallest absolute Gasteiger partial charge is 0.222 e. The lowest BCUT2D eigenvalue weighted by atomic mass is 10.2. The number of carbonyl (C=O) groups excluding carboxylic acids is 1. The fourth-order valence-electron chi connectivity index (χ4n) is 2.25. The molecule has 4 heteroatoms. The van der Waals surface area contributed by atoms with E-state index in [0.717, 1.165) is 5.75 Å². The topological polar surface area (TPSA) is 49.8 Å². The Hall–Kier alpha value is -1.55. The normalized spacial score (nSPS) is 18.6. The number of β-amino-alcohol motifs (C(OH)–C–C–N with tert-alkyl or cyclic N) is 1. The molecule has 2 rings (SSSR count). The molecule has 1 fully saturated rings. The Morgan fingerprint density at radius 2 is 2.37 bits per heavy atom. The summed E-state index contributed by atoms with van der Waals surface area (Å²) in [5, 5.41) is 9.38. The van der Waals surface area contributed by atoms with Crippen molar-refractivity contribution in [1.29, 1.82) is 0 Å². The first-order valence-corrected chi connectivity index (χ1v) is 6.80. The maximum atomic E-state index is 11.8. The molecule has 0 radical (unpaired) electrons.